The third-order valence-corrected chi connectivity index (χ3v) is 3.16. The SMILES string of the molecule is N#CC(=Cc1cccc2c1OCCCO2)c1ccccn1. The number of benzene rings is 1. The average molecular weight is 278 g/mol. The van der Waals surface area contributed by atoms with Crippen molar-refractivity contribution in [1.82, 2.24) is 4.98 Å². The second-order valence-corrected chi connectivity index (χ2v) is 4.61. The first-order chi connectivity index (χ1) is 10.4. The molecule has 0 N–H and O–H groups in total. The minimum Gasteiger partial charge on any atom is -0.490 e. The first kappa shape index (κ1) is 13.2. The molecule has 0 amide bonds. The first-order valence-corrected chi connectivity index (χ1v) is 6.80. The average Bonchev–Trinajstić information content (AvgIpc) is 2.79. The molecule has 3 rings (SSSR count). The minimum absolute atomic E-state index is 0.497. The molecule has 1 aliphatic heterocycles. The van der Waals surface area contributed by atoms with Crippen LogP contribution in [0, 0.1) is 11.3 Å². The fourth-order valence-corrected chi connectivity index (χ4v) is 2.17. The maximum atomic E-state index is 9.37. The molecule has 4 nitrogen and oxygen atoms in total. The van der Waals surface area contributed by atoms with Crippen LogP contribution in [0.25, 0.3) is 11.6 Å². The Bertz CT molecular complexity index is 702. The van der Waals surface area contributed by atoms with Crippen LogP contribution in [-0.4, -0.2) is 18.2 Å². The summed E-state index contributed by atoms with van der Waals surface area (Å²) >= 11 is 0. The van der Waals surface area contributed by atoms with Crippen LogP contribution < -0.4 is 9.47 Å². The van der Waals surface area contributed by atoms with E-state index in [1.165, 1.54) is 0 Å². The molecule has 0 aliphatic carbocycles. The van der Waals surface area contributed by atoms with Crippen molar-refractivity contribution in [3.63, 3.8) is 0 Å². The van der Waals surface area contributed by atoms with Gasteiger partial charge in [-0.05, 0) is 24.3 Å². The summed E-state index contributed by atoms with van der Waals surface area (Å²) in [6.07, 6.45) is 4.31. The Morgan fingerprint density at radius 2 is 2.05 bits per heavy atom. The smallest absolute Gasteiger partial charge is 0.168 e. The summed E-state index contributed by atoms with van der Waals surface area (Å²) in [6, 6.07) is 13.4. The fourth-order valence-electron chi connectivity index (χ4n) is 2.17. The molecular formula is C17H14N2O2. The zero-order valence-corrected chi connectivity index (χ0v) is 11.5. The molecule has 0 fully saturated rings. The van der Waals surface area contributed by atoms with Gasteiger partial charge in [0, 0.05) is 18.2 Å². The Hall–Kier alpha value is -2.80. The second kappa shape index (κ2) is 6.10. The lowest BCUT2D eigenvalue weighted by atomic mass is 10.1. The second-order valence-electron chi connectivity index (χ2n) is 4.61. The Labute approximate surface area is 123 Å². The molecule has 0 radical (unpaired) electrons. The van der Waals surface area contributed by atoms with Gasteiger partial charge in [0.05, 0.1) is 24.5 Å². The summed E-state index contributed by atoms with van der Waals surface area (Å²) in [6.45, 7) is 1.26. The van der Waals surface area contributed by atoms with Gasteiger partial charge in [-0.3, -0.25) is 4.98 Å². The van der Waals surface area contributed by atoms with Crippen LogP contribution >= 0.6 is 0 Å². The number of pyridine rings is 1. The van der Waals surface area contributed by atoms with Crippen LogP contribution in [0.4, 0.5) is 0 Å². The highest BCUT2D eigenvalue weighted by Crippen LogP contribution is 2.35. The number of nitriles is 1. The third-order valence-electron chi connectivity index (χ3n) is 3.16. The van der Waals surface area contributed by atoms with Gasteiger partial charge in [0.25, 0.3) is 0 Å². The topological polar surface area (TPSA) is 55.1 Å². The minimum atomic E-state index is 0.497. The van der Waals surface area contributed by atoms with E-state index in [4.69, 9.17) is 9.47 Å². The van der Waals surface area contributed by atoms with Gasteiger partial charge >= 0.3 is 0 Å². The van der Waals surface area contributed by atoms with Crippen LogP contribution in [0.1, 0.15) is 17.7 Å². The Balaban J connectivity index is 2.05. The van der Waals surface area contributed by atoms with Gasteiger partial charge in [-0.15, -0.1) is 0 Å². The molecule has 1 aliphatic rings. The number of rotatable bonds is 2. The van der Waals surface area contributed by atoms with E-state index in [1.54, 1.807) is 12.3 Å². The number of para-hydroxylation sites is 1. The van der Waals surface area contributed by atoms with Gasteiger partial charge < -0.3 is 9.47 Å². The largest absolute Gasteiger partial charge is 0.490 e. The Morgan fingerprint density at radius 1 is 1.14 bits per heavy atom. The summed E-state index contributed by atoms with van der Waals surface area (Å²) in [7, 11) is 0. The van der Waals surface area contributed by atoms with Crippen LogP contribution in [0.15, 0.2) is 42.6 Å². The van der Waals surface area contributed by atoms with Crippen molar-refractivity contribution < 1.29 is 9.47 Å². The number of hydrogen-bond acceptors (Lipinski definition) is 4. The van der Waals surface area contributed by atoms with Gasteiger partial charge in [0.2, 0.25) is 0 Å². The highest BCUT2D eigenvalue weighted by atomic mass is 16.5. The molecule has 104 valence electrons. The van der Waals surface area contributed by atoms with Gasteiger partial charge in [-0.2, -0.15) is 5.26 Å². The fraction of sp³-hybridized carbons (Fsp3) is 0.176. The molecule has 21 heavy (non-hydrogen) atoms. The summed E-state index contributed by atoms with van der Waals surface area (Å²) in [5, 5.41) is 9.37. The lowest BCUT2D eigenvalue weighted by molar-refractivity contribution is 0.296. The van der Waals surface area contributed by atoms with Crippen molar-refractivity contribution >= 4 is 11.6 Å². The molecule has 2 heterocycles. The summed E-state index contributed by atoms with van der Waals surface area (Å²) in [5.41, 5.74) is 1.97. The highest BCUT2D eigenvalue weighted by molar-refractivity contribution is 5.89. The maximum Gasteiger partial charge on any atom is 0.168 e. The van der Waals surface area contributed by atoms with Crippen LogP contribution in [0.3, 0.4) is 0 Å². The Morgan fingerprint density at radius 3 is 2.86 bits per heavy atom. The molecule has 1 aromatic carbocycles. The van der Waals surface area contributed by atoms with Gasteiger partial charge in [0.1, 0.15) is 6.07 Å². The monoisotopic (exact) mass is 278 g/mol. The van der Waals surface area contributed by atoms with E-state index in [2.05, 4.69) is 11.1 Å². The predicted octanol–water partition coefficient (Wildman–Crippen LogP) is 3.31. The van der Waals surface area contributed by atoms with E-state index in [-0.39, 0.29) is 0 Å². The lowest BCUT2D eigenvalue weighted by Crippen LogP contribution is -1.98. The predicted molar refractivity (Wildman–Crippen MR) is 79.8 cm³/mol. The molecule has 0 atom stereocenters. The van der Waals surface area contributed by atoms with E-state index < -0.39 is 0 Å². The molecule has 2 aromatic rings. The maximum absolute atomic E-state index is 9.37. The van der Waals surface area contributed by atoms with E-state index >= 15 is 0 Å². The summed E-state index contributed by atoms with van der Waals surface area (Å²) in [4.78, 5) is 4.21. The normalized spacial score (nSPS) is 14.1. The third kappa shape index (κ3) is 2.87. The van der Waals surface area contributed by atoms with Crippen molar-refractivity contribution in [2.75, 3.05) is 13.2 Å². The molecule has 0 spiro atoms. The van der Waals surface area contributed by atoms with E-state index in [0.717, 1.165) is 17.7 Å². The molecule has 0 saturated heterocycles. The standard InChI is InChI=1S/C17H14N2O2/c18-12-14(15-6-1-2-8-19-15)11-13-5-3-7-16-17(13)21-10-4-9-20-16/h1-3,5-8,11H,4,9-10H2. The van der Waals surface area contributed by atoms with Crippen molar-refractivity contribution in [3.05, 3.63) is 53.9 Å². The van der Waals surface area contributed by atoms with Crippen molar-refractivity contribution in [1.29, 1.82) is 5.26 Å². The van der Waals surface area contributed by atoms with Gasteiger partial charge in [0.15, 0.2) is 11.5 Å². The van der Waals surface area contributed by atoms with Crippen LogP contribution in [0.5, 0.6) is 11.5 Å². The van der Waals surface area contributed by atoms with Crippen LogP contribution in [0.2, 0.25) is 0 Å². The summed E-state index contributed by atoms with van der Waals surface area (Å²) in [5.74, 6) is 1.42. The van der Waals surface area contributed by atoms with Gasteiger partial charge in [-0.1, -0.05) is 18.2 Å². The Kier molecular flexibility index (Phi) is 3.83. The number of ether oxygens (including phenoxy) is 2. The summed E-state index contributed by atoms with van der Waals surface area (Å²) < 4.78 is 11.4. The zero-order chi connectivity index (χ0) is 14.5. The molecule has 0 bridgehead atoms. The van der Waals surface area contributed by atoms with Crippen molar-refractivity contribution in [3.8, 4) is 17.6 Å². The number of aromatic nitrogens is 1. The van der Waals surface area contributed by atoms with E-state index in [1.807, 2.05) is 36.4 Å². The van der Waals surface area contributed by atoms with E-state index in [9.17, 15) is 5.26 Å². The first-order valence-electron chi connectivity index (χ1n) is 6.80. The molecular weight excluding hydrogens is 264 g/mol. The lowest BCUT2D eigenvalue weighted by Gasteiger charge is -2.10. The molecule has 4 heteroatoms. The zero-order valence-electron chi connectivity index (χ0n) is 11.5. The van der Waals surface area contributed by atoms with Crippen LogP contribution in [-0.2, 0) is 0 Å². The van der Waals surface area contributed by atoms with Gasteiger partial charge in [-0.25, -0.2) is 0 Å². The molecule has 0 unspecified atom stereocenters. The van der Waals surface area contributed by atoms with Crippen molar-refractivity contribution in [2.45, 2.75) is 6.42 Å². The quantitative estimate of drug-likeness (QED) is 0.791. The number of fused-ring (bicyclic) bond motifs is 1. The molecule has 1 aromatic heterocycles. The molecule has 0 saturated carbocycles. The number of allylic oxidation sites excluding steroid dienone is 1. The number of nitrogens with zero attached hydrogens (tertiary/aromatic N) is 2. The highest BCUT2D eigenvalue weighted by Gasteiger charge is 2.14. The van der Waals surface area contributed by atoms with E-state index in [0.29, 0.717) is 30.2 Å². The number of hydrogen-bond donors (Lipinski definition) is 0. The van der Waals surface area contributed by atoms with Crippen molar-refractivity contribution in [2.24, 2.45) is 0 Å².